The molecule has 0 aliphatic heterocycles. The first-order valence-electron chi connectivity index (χ1n) is 6.49. The Labute approximate surface area is 115 Å². The van der Waals surface area contributed by atoms with Crippen LogP contribution < -0.4 is 0 Å². The van der Waals surface area contributed by atoms with Crippen molar-refractivity contribution in [3.8, 4) is 0 Å². The summed E-state index contributed by atoms with van der Waals surface area (Å²) in [5, 5.41) is 0. The van der Waals surface area contributed by atoms with Gasteiger partial charge in [-0.3, -0.25) is 4.79 Å². The summed E-state index contributed by atoms with van der Waals surface area (Å²) < 4.78 is 10.5. The molecule has 2 atom stereocenters. The number of hydrogen-bond acceptors (Lipinski definition) is 3. The van der Waals surface area contributed by atoms with Gasteiger partial charge in [-0.25, -0.2) is 0 Å². The molecule has 1 rings (SSSR count). The zero-order valence-corrected chi connectivity index (χ0v) is 11.7. The quantitative estimate of drug-likeness (QED) is 0.533. The average Bonchev–Trinajstić information content (AvgIpc) is 2.46. The number of hydrogen-bond donors (Lipinski definition) is 0. The molecule has 104 valence electrons. The van der Waals surface area contributed by atoms with Crippen LogP contribution >= 0.6 is 0 Å². The summed E-state index contributed by atoms with van der Waals surface area (Å²) in [6.45, 7) is 6.68. The van der Waals surface area contributed by atoms with Crippen LogP contribution in [0.4, 0.5) is 0 Å². The van der Waals surface area contributed by atoms with Crippen LogP contribution in [0.2, 0.25) is 0 Å². The highest BCUT2D eigenvalue weighted by Gasteiger charge is 2.23. The number of esters is 1. The molecule has 3 heteroatoms. The lowest BCUT2D eigenvalue weighted by Gasteiger charge is -2.20. The van der Waals surface area contributed by atoms with Crippen molar-refractivity contribution in [2.75, 3.05) is 13.7 Å². The van der Waals surface area contributed by atoms with Crippen molar-refractivity contribution < 1.29 is 14.3 Å². The van der Waals surface area contributed by atoms with Crippen LogP contribution in [0.5, 0.6) is 0 Å². The van der Waals surface area contributed by atoms with E-state index in [1.54, 1.807) is 0 Å². The van der Waals surface area contributed by atoms with Gasteiger partial charge in [-0.15, -0.1) is 6.58 Å². The van der Waals surface area contributed by atoms with Crippen LogP contribution in [0.15, 0.2) is 43.0 Å². The fourth-order valence-electron chi connectivity index (χ4n) is 1.91. The van der Waals surface area contributed by atoms with E-state index in [0.717, 1.165) is 12.0 Å². The molecule has 0 saturated heterocycles. The number of allylic oxidation sites excluding steroid dienone is 1. The van der Waals surface area contributed by atoms with Gasteiger partial charge in [0.05, 0.1) is 26.2 Å². The van der Waals surface area contributed by atoms with Gasteiger partial charge in [-0.1, -0.05) is 43.3 Å². The number of methoxy groups -OCH3 is 1. The smallest absolute Gasteiger partial charge is 0.308 e. The molecular weight excluding hydrogens is 240 g/mol. The molecule has 1 aromatic rings. The molecule has 0 aliphatic rings. The van der Waals surface area contributed by atoms with E-state index in [-0.39, 0.29) is 17.8 Å². The first-order chi connectivity index (χ1) is 9.19. The summed E-state index contributed by atoms with van der Waals surface area (Å²) >= 11 is 0. The van der Waals surface area contributed by atoms with E-state index in [0.29, 0.717) is 13.2 Å². The molecule has 3 nitrogen and oxygen atoms in total. The third kappa shape index (κ3) is 5.26. The fraction of sp³-hybridized carbons (Fsp3) is 0.438. The molecule has 0 fully saturated rings. The lowest BCUT2D eigenvalue weighted by atomic mass is 9.92. The van der Waals surface area contributed by atoms with Crippen LogP contribution in [0, 0.1) is 11.8 Å². The Hall–Kier alpha value is -1.61. The second kappa shape index (κ2) is 8.48. The van der Waals surface area contributed by atoms with E-state index < -0.39 is 0 Å². The molecule has 19 heavy (non-hydrogen) atoms. The van der Waals surface area contributed by atoms with E-state index in [1.807, 2.05) is 43.3 Å². The van der Waals surface area contributed by atoms with E-state index in [4.69, 9.17) is 9.47 Å². The zero-order valence-electron chi connectivity index (χ0n) is 11.7. The molecule has 0 saturated carbocycles. The number of benzene rings is 1. The van der Waals surface area contributed by atoms with Gasteiger partial charge in [0.25, 0.3) is 0 Å². The van der Waals surface area contributed by atoms with E-state index in [2.05, 4.69) is 6.58 Å². The van der Waals surface area contributed by atoms with Crippen molar-refractivity contribution in [2.45, 2.75) is 20.0 Å². The second-order valence-electron chi connectivity index (χ2n) is 4.60. The van der Waals surface area contributed by atoms with Gasteiger partial charge in [0, 0.05) is 0 Å². The third-order valence-electron chi connectivity index (χ3n) is 3.19. The molecule has 0 aromatic heterocycles. The summed E-state index contributed by atoms with van der Waals surface area (Å²) in [5.74, 6) is -0.275. The molecule has 1 aromatic carbocycles. The highest BCUT2D eigenvalue weighted by Crippen LogP contribution is 2.19. The van der Waals surface area contributed by atoms with Crippen LogP contribution in [-0.4, -0.2) is 19.7 Å². The van der Waals surface area contributed by atoms with Crippen LogP contribution in [0.25, 0.3) is 0 Å². The molecule has 0 amide bonds. The van der Waals surface area contributed by atoms with E-state index in [1.165, 1.54) is 7.11 Å². The van der Waals surface area contributed by atoms with Crippen molar-refractivity contribution >= 4 is 5.97 Å². The summed E-state index contributed by atoms with van der Waals surface area (Å²) in [6.07, 6.45) is 2.56. The SMILES string of the molecule is C=CC[C@H](COCc1ccccc1)[C@@H](C)C(=O)OC. The Bertz CT molecular complexity index is 386. The Morgan fingerprint density at radius 3 is 2.63 bits per heavy atom. The largest absolute Gasteiger partial charge is 0.469 e. The first-order valence-corrected chi connectivity index (χ1v) is 6.49. The minimum atomic E-state index is -0.199. The summed E-state index contributed by atoms with van der Waals surface area (Å²) in [6, 6.07) is 9.98. The maximum atomic E-state index is 11.5. The summed E-state index contributed by atoms with van der Waals surface area (Å²) in [7, 11) is 1.41. The topological polar surface area (TPSA) is 35.5 Å². The van der Waals surface area contributed by atoms with Crippen molar-refractivity contribution in [1.29, 1.82) is 0 Å². The molecule has 0 unspecified atom stereocenters. The number of carbonyl (C=O) groups is 1. The minimum absolute atomic E-state index is 0.105. The predicted molar refractivity (Wildman–Crippen MR) is 75.6 cm³/mol. The van der Waals surface area contributed by atoms with Crippen LogP contribution in [0.3, 0.4) is 0 Å². The lowest BCUT2D eigenvalue weighted by Crippen LogP contribution is -2.25. The normalized spacial score (nSPS) is 13.6. The lowest BCUT2D eigenvalue weighted by molar-refractivity contribution is -0.147. The average molecular weight is 262 g/mol. The van der Waals surface area contributed by atoms with Crippen molar-refractivity contribution in [2.24, 2.45) is 11.8 Å². The maximum Gasteiger partial charge on any atom is 0.308 e. The molecule has 0 N–H and O–H groups in total. The van der Waals surface area contributed by atoms with Gasteiger partial charge in [-0.2, -0.15) is 0 Å². The van der Waals surface area contributed by atoms with Gasteiger partial charge in [0.15, 0.2) is 0 Å². The fourth-order valence-corrected chi connectivity index (χ4v) is 1.91. The van der Waals surface area contributed by atoms with E-state index in [9.17, 15) is 4.79 Å². The number of rotatable bonds is 8. The van der Waals surface area contributed by atoms with Crippen LogP contribution in [0.1, 0.15) is 18.9 Å². The molecule has 0 spiro atoms. The summed E-state index contributed by atoms with van der Waals surface area (Å²) in [4.78, 5) is 11.5. The van der Waals surface area contributed by atoms with Crippen LogP contribution in [-0.2, 0) is 20.9 Å². The summed E-state index contributed by atoms with van der Waals surface area (Å²) in [5.41, 5.74) is 1.13. The Kier molecular flexibility index (Phi) is 6.90. The molecule has 0 aliphatic carbocycles. The number of ether oxygens (including phenoxy) is 2. The maximum absolute atomic E-state index is 11.5. The zero-order chi connectivity index (χ0) is 14.1. The highest BCUT2D eigenvalue weighted by molar-refractivity contribution is 5.72. The van der Waals surface area contributed by atoms with Gasteiger partial charge < -0.3 is 9.47 Å². The van der Waals surface area contributed by atoms with Crippen molar-refractivity contribution in [3.63, 3.8) is 0 Å². The Balaban J connectivity index is 2.45. The van der Waals surface area contributed by atoms with Gasteiger partial charge >= 0.3 is 5.97 Å². The van der Waals surface area contributed by atoms with Gasteiger partial charge in [0.2, 0.25) is 0 Å². The van der Waals surface area contributed by atoms with Crippen molar-refractivity contribution in [1.82, 2.24) is 0 Å². The van der Waals surface area contributed by atoms with E-state index >= 15 is 0 Å². The first kappa shape index (κ1) is 15.4. The minimum Gasteiger partial charge on any atom is -0.469 e. The van der Waals surface area contributed by atoms with Crippen molar-refractivity contribution in [3.05, 3.63) is 48.6 Å². The Morgan fingerprint density at radius 1 is 1.37 bits per heavy atom. The second-order valence-corrected chi connectivity index (χ2v) is 4.60. The molecule has 0 bridgehead atoms. The molecule has 0 heterocycles. The molecular formula is C16H22O3. The predicted octanol–water partition coefficient (Wildman–Crippen LogP) is 3.20. The Morgan fingerprint density at radius 2 is 2.05 bits per heavy atom. The standard InChI is InChI=1S/C16H22O3/c1-4-8-15(13(2)16(17)18-3)12-19-11-14-9-6-5-7-10-14/h4-7,9-10,13,15H,1,8,11-12H2,2-3H3/t13-,15-/m1/s1. The third-order valence-corrected chi connectivity index (χ3v) is 3.19. The van der Waals surface area contributed by atoms with Gasteiger partial charge in [-0.05, 0) is 17.9 Å². The highest BCUT2D eigenvalue weighted by atomic mass is 16.5. The monoisotopic (exact) mass is 262 g/mol. The number of carbonyl (C=O) groups excluding carboxylic acids is 1. The van der Waals surface area contributed by atoms with Gasteiger partial charge in [0.1, 0.15) is 0 Å². The molecule has 0 radical (unpaired) electrons.